The number of carbonyl (C=O) groups excluding carboxylic acids is 1. The molecule has 0 radical (unpaired) electrons. The summed E-state index contributed by atoms with van der Waals surface area (Å²) < 4.78 is 50.0. The number of aliphatic carboxylic acids is 1. The van der Waals surface area contributed by atoms with E-state index >= 15 is 0 Å². The zero-order chi connectivity index (χ0) is 34.6. The number of aryl methyl sites for hydroxylation is 2. The molecule has 0 bridgehead atoms. The lowest BCUT2D eigenvalue weighted by molar-refractivity contribution is -0.169. The molecule has 49 heavy (non-hydrogen) atoms. The van der Waals surface area contributed by atoms with Gasteiger partial charge in [-0.3, -0.25) is 9.59 Å². The summed E-state index contributed by atoms with van der Waals surface area (Å²) in [5, 5.41) is 12.8. The molecule has 0 saturated heterocycles. The number of ether oxygens (including phenoxy) is 1. The molecule has 0 saturated carbocycles. The van der Waals surface area contributed by atoms with Gasteiger partial charge in [-0.15, -0.1) is 0 Å². The van der Waals surface area contributed by atoms with Gasteiger partial charge in [0.15, 0.2) is 0 Å². The summed E-state index contributed by atoms with van der Waals surface area (Å²) >= 11 is 0. The van der Waals surface area contributed by atoms with E-state index in [4.69, 9.17) is 4.74 Å². The topological polar surface area (TPSA) is 96.7 Å². The molecule has 1 amide bonds. The van der Waals surface area contributed by atoms with Gasteiger partial charge in [-0.2, -0.15) is 13.2 Å². The van der Waals surface area contributed by atoms with Gasteiger partial charge in [0.25, 0.3) is 0 Å². The summed E-state index contributed by atoms with van der Waals surface area (Å²) in [5.41, 5.74) is 3.56. The third-order valence-electron chi connectivity index (χ3n) is 9.57. The molecular formula is C38H49F3N4O4. The van der Waals surface area contributed by atoms with E-state index in [9.17, 15) is 27.9 Å². The number of carboxylic acids is 1. The van der Waals surface area contributed by atoms with Gasteiger partial charge in [0.2, 0.25) is 11.9 Å². The predicted molar refractivity (Wildman–Crippen MR) is 183 cm³/mol. The highest BCUT2D eigenvalue weighted by atomic mass is 19.4. The lowest BCUT2D eigenvalue weighted by Crippen LogP contribution is -2.44. The quantitative estimate of drug-likeness (QED) is 0.132. The van der Waals surface area contributed by atoms with Crippen molar-refractivity contribution in [1.29, 1.82) is 0 Å². The van der Waals surface area contributed by atoms with Crippen LogP contribution in [0, 0.1) is 5.92 Å². The highest BCUT2D eigenvalue weighted by molar-refractivity contribution is 5.84. The molecule has 0 fully saturated rings. The second kappa shape index (κ2) is 17.6. The molecular weight excluding hydrogens is 633 g/mol. The number of aromatic nitrogens is 2. The first-order valence-corrected chi connectivity index (χ1v) is 17.8. The van der Waals surface area contributed by atoms with Crippen LogP contribution in [0.15, 0.2) is 54.7 Å². The third-order valence-corrected chi connectivity index (χ3v) is 9.57. The van der Waals surface area contributed by atoms with Crippen molar-refractivity contribution in [2.24, 2.45) is 5.92 Å². The summed E-state index contributed by atoms with van der Waals surface area (Å²) in [7, 11) is 0. The zero-order valence-corrected chi connectivity index (χ0v) is 28.2. The Hall–Kier alpha value is -4.02. The number of hydrogen-bond acceptors (Lipinski definition) is 5. The summed E-state index contributed by atoms with van der Waals surface area (Å²) in [5.74, 6) is -1.68. The maximum atomic E-state index is 13.9. The van der Waals surface area contributed by atoms with E-state index in [-0.39, 0.29) is 6.42 Å². The van der Waals surface area contributed by atoms with Gasteiger partial charge in [-0.25, -0.2) is 4.98 Å². The average molecular weight is 683 g/mol. The first-order chi connectivity index (χ1) is 23.7. The monoisotopic (exact) mass is 682 g/mol. The molecule has 2 aliphatic rings. The normalized spacial score (nSPS) is 17.6. The Morgan fingerprint density at radius 3 is 2.43 bits per heavy atom. The fourth-order valence-corrected chi connectivity index (χ4v) is 7.13. The van der Waals surface area contributed by atoms with Crippen molar-refractivity contribution < 1.29 is 32.6 Å². The van der Waals surface area contributed by atoms with Crippen molar-refractivity contribution >= 4 is 17.8 Å². The zero-order valence-electron chi connectivity index (χ0n) is 28.2. The number of imidazole rings is 1. The second-order valence-corrected chi connectivity index (χ2v) is 13.4. The predicted octanol–water partition coefficient (Wildman–Crippen LogP) is 8.15. The van der Waals surface area contributed by atoms with Gasteiger partial charge in [-0.05, 0) is 60.9 Å². The molecule has 266 valence electrons. The van der Waals surface area contributed by atoms with Crippen LogP contribution in [-0.4, -0.2) is 57.3 Å². The van der Waals surface area contributed by atoms with Crippen molar-refractivity contribution in [3.8, 4) is 5.75 Å². The second-order valence-electron chi connectivity index (χ2n) is 13.4. The molecule has 5 rings (SSSR count). The number of alkyl halides is 3. The molecule has 2 atom stereocenters. The molecule has 1 unspecified atom stereocenters. The summed E-state index contributed by atoms with van der Waals surface area (Å²) in [6.45, 7) is 0.714. The van der Waals surface area contributed by atoms with Crippen LogP contribution in [0.5, 0.6) is 5.75 Å². The lowest BCUT2D eigenvalue weighted by atomic mass is 9.91. The molecule has 3 heterocycles. The Morgan fingerprint density at radius 2 is 1.71 bits per heavy atom. The number of halogens is 3. The van der Waals surface area contributed by atoms with Crippen molar-refractivity contribution in [3.05, 3.63) is 77.1 Å². The van der Waals surface area contributed by atoms with Crippen LogP contribution in [-0.2, 0) is 35.4 Å². The van der Waals surface area contributed by atoms with E-state index in [2.05, 4.69) is 39.1 Å². The number of rotatable bonds is 18. The molecule has 1 aromatic heterocycles. The number of nitrogens with zero attached hydrogens (tertiary/aromatic N) is 3. The Morgan fingerprint density at radius 1 is 0.980 bits per heavy atom. The van der Waals surface area contributed by atoms with Crippen LogP contribution < -0.4 is 10.1 Å². The summed E-state index contributed by atoms with van der Waals surface area (Å²) in [4.78, 5) is 30.8. The smallest absolute Gasteiger partial charge is 0.406 e. The van der Waals surface area contributed by atoms with E-state index < -0.39 is 43.0 Å². The standard InChI is InChI=1S/C38H49F3N4O4/c39-38(40,41)27-45-34(16-11-6-4-2-1-3-5-8-13-28-14-9-7-10-15-28)33-25-32(18-17-29(33)23-30(36(45)48)24-35(46)47)49-22-19-31-26-44-21-12-20-42-37(44)43-31/h7,9-10,14-15,17-18,25-26,30,34H,1-6,8,11-13,16,19-24,27H2,(H,42,43)(H,46,47)/t30-,34?/m0/s1. The molecule has 0 spiro atoms. The van der Waals surface area contributed by atoms with Gasteiger partial charge in [0.05, 0.1) is 30.7 Å². The fourth-order valence-electron chi connectivity index (χ4n) is 7.13. The van der Waals surface area contributed by atoms with Gasteiger partial charge in [0, 0.05) is 25.7 Å². The maximum Gasteiger partial charge on any atom is 0.406 e. The summed E-state index contributed by atoms with van der Waals surface area (Å²) in [6, 6.07) is 15.0. The average Bonchev–Trinajstić information content (AvgIpc) is 3.45. The summed E-state index contributed by atoms with van der Waals surface area (Å²) in [6.07, 6.45) is 8.13. The van der Waals surface area contributed by atoms with Crippen molar-refractivity contribution in [2.45, 2.75) is 109 Å². The fraction of sp³-hybridized carbons (Fsp3) is 0.553. The minimum absolute atomic E-state index is 0.0725. The maximum absolute atomic E-state index is 13.9. The first-order valence-electron chi connectivity index (χ1n) is 17.8. The highest BCUT2D eigenvalue weighted by Gasteiger charge is 2.42. The molecule has 2 aromatic carbocycles. The SMILES string of the molecule is O=C(O)C[C@@H]1Cc2ccc(OCCc3cn4c(n3)NCCC4)cc2C(CCCCCCCCCCc2ccccc2)N(CC(F)(F)F)C1=O. The van der Waals surface area contributed by atoms with Crippen LogP contribution in [0.4, 0.5) is 19.1 Å². The third kappa shape index (κ3) is 11.0. The van der Waals surface area contributed by atoms with Crippen molar-refractivity contribution in [3.63, 3.8) is 0 Å². The number of carbonyl (C=O) groups is 2. The number of nitrogens with one attached hydrogen (secondary N) is 1. The number of amides is 1. The molecule has 2 N–H and O–H groups in total. The van der Waals surface area contributed by atoms with Crippen LogP contribution in [0.2, 0.25) is 0 Å². The molecule has 2 aliphatic heterocycles. The van der Waals surface area contributed by atoms with E-state index in [1.807, 2.05) is 12.3 Å². The van der Waals surface area contributed by atoms with Gasteiger partial charge in [0.1, 0.15) is 12.3 Å². The van der Waals surface area contributed by atoms with E-state index in [1.54, 1.807) is 18.2 Å². The van der Waals surface area contributed by atoms with Gasteiger partial charge < -0.3 is 24.6 Å². The largest absolute Gasteiger partial charge is 0.493 e. The van der Waals surface area contributed by atoms with E-state index in [0.717, 1.165) is 81.0 Å². The highest BCUT2D eigenvalue weighted by Crippen LogP contribution is 2.39. The molecule has 3 aromatic rings. The Labute approximate surface area is 287 Å². The van der Waals surface area contributed by atoms with Crippen molar-refractivity contribution in [1.82, 2.24) is 14.5 Å². The van der Waals surface area contributed by atoms with Crippen LogP contribution in [0.1, 0.15) is 99.1 Å². The minimum atomic E-state index is -4.63. The number of unbranched alkanes of at least 4 members (excludes halogenated alkanes) is 7. The Balaban J connectivity index is 1.21. The van der Waals surface area contributed by atoms with Crippen LogP contribution in [0.3, 0.4) is 0 Å². The first kappa shape index (κ1) is 36.3. The Kier molecular flexibility index (Phi) is 13.0. The van der Waals surface area contributed by atoms with Crippen molar-refractivity contribution in [2.75, 3.05) is 25.0 Å². The van der Waals surface area contributed by atoms with Crippen LogP contribution >= 0.6 is 0 Å². The molecule has 8 nitrogen and oxygen atoms in total. The van der Waals surface area contributed by atoms with E-state index in [1.165, 1.54) is 12.0 Å². The Bertz CT molecular complexity index is 1490. The number of anilines is 1. The number of hydrogen-bond donors (Lipinski definition) is 2. The number of fused-ring (bicyclic) bond motifs is 2. The number of carboxylic acid groups (broad SMARTS) is 1. The minimum Gasteiger partial charge on any atom is -0.493 e. The molecule has 0 aliphatic carbocycles. The van der Waals surface area contributed by atoms with Crippen LogP contribution in [0.25, 0.3) is 0 Å². The number of benzene rings is 2. The van der Waals surface area contributed by atoms with E-state index in [0.29, 0.717) is 42.7 Å². The lowest BCUT2D eigenvalue weighted by Gasteiger charge is -2.33. The van der Waals surface area contributed by atoms with Gasteiger partial charge in [-0.1, -0.05) is 81.3 Å². The molecule has 11 heteroatoms. The van der Waals surface area contributed by atoms with Gasteiger partial charge >= 0.3 is 12.1 Å².